The van der Waals surface area contributed by atoms with Crippen molar-refractivity contribution in [1.82, 2.24) is 14.7 Å². The summed E-state index contributed by atoms with van der Waals surface area (Å²) < 4.78 is 5.05. The predicted molar refractivity (Wildman–Crippen MR) is 124 cm³/mol. The number of carbonyl (C=O) groups excluding carboxylic acids is 2. The van der Waals surface area contributed by atoms with E-state index in [1.54, 1.807) is 4.90 Å². The Morgan fingerprint density at radius 2 is 1.44 bits per heavy atom. The van der Waals surface area contributed by atoms with E-state index in [0.29, 0.717) is 38.7 Å². The molecule has 0 radical (unpaired) electrons. The highest BCUT2D eigenvalue weighted by Gasteiger charge is 2.31. The molecular weight excluding hydrogens is 442 g/mol. The summed E-state index contributed by atoms with van der Waals surface area (Å²) in [6.07, 6.45) is 1.59. The van der Waals surface area contributed by atoms with Gasteiger partial charge in [-0.2, -0.15) is 0 Å². The zero-order valence-corrected chi connectivity index (χ0v) is 19.9. The van der Waals surface area contributed by atoms with Crippen LogP contribution in [0.15, 0.2) is 30.3 Å². The topological polar surface area (TPSA) is 128 Å². The number of benzene rings is 1. The molecule has 0 bridgehead atoms. The molecule has 34 heavy (non-hydrogen) atoms. The van der Waals surface area contributed by atoms with Crippen molar-refractivity contribution in [2.24, 2.45) is 5.92 Å². The highest BCUT2D eigenvalue weighted by atomic mass is 16.6. The molecule has 1 atom stereocenters. The molecule has 3 rings (SSSR count). The number of hydrogen-bond acceptors (Lipinski definition) is 6. The van der Waals surface area contributed by atoms with Gasteiger partial charge in [-0.15, -0.1) is 0 Å². The molecule has 2 aliphatic heterocycles. The van der Waals surface area contributed by atoms with Gasteiger partial charge in [-0.1, -0.05) is 37.3 Å². The summed E-state index contributed by atoms with van der Waals surface area (Å²) in [5, 5.41) is 14.8. The van der Waals surface area contributed by atoms with Crippen molar-refractivity contribution in [2.45, 2.75) is 32.6 Å². The third-order valence-electron chi connectivity index (χ3n) is 6.14. The summed E-state index contributed by atoms with van der Waals surface area (Å²) in [6.45, 7) is 9.84. The second-order valence-electron chi connectivity index (χ2n) is 8.51. The van der Waals surface area contributed by atoms with Crippen LogP contribution in [0, 0.1) is 5.92 Å². The molecule has 0 aromatic heterocycles. The SMILES string of the molecule is CCOC(=O)N1CCN(C(=O)C2CCN(CC(C)c3ccccc3)CC2)CC1.O=C(O)C(=O)O. The number of aliphatic carboxylic acids is 2. The van der Waals surface area contributed by atoms with Crippen LogP contribution < -0.4 is 0 Å². The highest BCUT2D eigenvalue weighted by Crippen LogP contribution is 2.23. The van der Waals surface area contributed by atoms with E-state index < -0.39 is 11.9 Å². The van der Waals surface area contributed by atoms with Gasteiger partial charge in [-0.25, -0.2) is 14.4 Å². The second kappa shape index (κ2) is 13.5. The second-order valence-corrected chi connectivity index (χ2v) is 8.51. The Kier molecular flexibility index (Phi) is 10.8. The van der Waals surface area contributed by atoms with Crippen molar-refractivity contribution < 1.29 is 34.1 Å². The fourth-order valence-electron chi connectivity index (χ4n) is 4.22. The maximum absolute atomic E-state index is 12.9. The van der Waals surface area contributed by atoms with Gasteiger partial charge in [0.25, 0.3) is 0 Å². The number of piperazine rings is 1. The number of carbonyl (C=O) groups is 4. The van der Waals surface area contributed by atoms with Gasteiger partial charge in [0.1, 0.15) is 0 Å². The molecule has 2 heterocycles. The van der Waals surface area contributed by atoms with Crippen molar-refractivity contribution in [2.75, 3.05) is 52.4 Å². The monoisotopic (exact) mass is 477 g/mol. The van der Waals surface area contributed by atoms with Crippen LogP contribution in [0.25, 0.3) is 0 Å². The lowest BCUT2D eigenvalue weighted by Gasteiger charge is -2.38. The minimum Gasteiger partial charge on any atom is -0.473 e. The van der Waals surface area contributed by atoms with E-state index in [4.69, 9.17) is 24.5 Å². The maximum Gasteiger partial charge on any atom is 0.414 e. The van der Waals surface area contributed by atoms with Gasteiger partial charge in [0.05, 0.1) is 6.61 Å². The van der Waals surface area contributed by atoms with E-state index in [9.17, 15) is 9.59 Å². The summed E-state index contributed by atoms with van der Waals surface area (Å²) in [5.41, 5.74) is 1.38. The maximum atomic E-state index is 12.9. The molecule has 0 aliphatic carbocycles. The van der Waals surface area contributed by atoms with Gasteiger partial charge in [0, 0.05) is 38.6 Å². The predicted octanol–water partition coefficient (Wildman–Crippen LogP) is 1.96. The minimum atomic E-state index is -1.82. The van der Waals surface area contributed by atoms with Crippen molar-refractivity contribution in [3.8, 4) is 0 Å². The largest absolute Gasteiger partial charge is 0.473 e. The first-order valence-electron chi connectivity index (χ1n) is 11.7. The number of carboxylic acid groups (broad SMARTS) is 2. The van der Waals surface area contributed by atoms with E-state index in [0.717, 1.165) is 32.5 Å². The molecular formula is C24H35N3O7. The summed E-state index contributed by atoms with van der Waals surface area (Å²) in [5.74, 6) is -2.76. The Hall–Kier alpha value is -3.14. The van der Waals surface area contributed by atoms with Crippen molar-refractivity contribution in [3.63, 3.8) is 0 Å². The molecule has 2 saturated heterocycles. The van der Waals surface area contributed by atoms with Crippen molar-refractivity contribution in [1.29, 1.82) is 0 Å². The minimum absolute atomic E-state index is 0.123. The summed E-state index contributed by atoms with van der Waals surface area (Å²) >= 11 is 0. The average Bonchev–Trinajstić information content (AvgIpc) is 2.85. The number of nitrogens with zero attached hydrogens (tertiary/aromatic N) is 3. The molecule has 2 aliphatic rings. The Balaban J connectivity index is 0.000000604. The van der Waals surface area contributed by atoms with Crippen LogP contribution in [0.2, 0.25) is 0 Å². The van der Waals surface area contributed by atoms with E-state index >= 15 is 0 Å². The van der Waals surface area contributed by atoms with Gasteiger partial charge in [0.2, 0.25) is 5.91 Å². The number of rotatable bonds is 5. The molecule has 2 fully saturated rings. The molecule has 0 spiro atoms. The molecule has 188 valence electrons. The summed E-state index contributed by atoms with van der Waals surface area (Å²) in [4.78, 5) is 49.0. The van der Waals surface area contributed by atoms with Crippen LogP contribution in [0.5, 0.6) is 0 Å². The van der Waals surface area contributed by atoms with Gasteiger partial charge < -0.3 is 29.6 Å². The van der Waals surface area contributed by atoms with Crippen LogP contribution >= 0.6 is 0 Å². The lowest BCUT2D eigenvalue weighted by Crippen LogP contribution is -2.53. The number of carboxylic acids is 2. The van der Waals surface area contributed by atoms with E-state index in [-0.39, 0.29) is 17.9 Å². The normalized spacial score (nSPS) is 17.8. The van der Waals surface area contributed by atoms with Crippen molar-refractivity contribution in [3.05, 3.63) is 35.9 Å². The standard InChI is InChI=1S/C22H33N3O3.C2H2O4/c1-3-28-22(27)25-15-13-24(14-16-25)21(26)20-9-11-23(12-10-20)17-18(2)19-7-5-4-6-8-19;3-1(4)2(5)6/h4-8,18,20H,3,9-17H2,1-2H3;(H,3,4)(H,5,6). The number of amides is 2. The molecule has 1 aromatic carbocycles. The average molecular weight is 478 g/mol. The lowest BCUT2D eigenvalue weighted by atomic mass is 9.93. The Bertz CT molecular complexity index is 805. The molecule has 2 N–H and O–H groups in total. The van der Waals surface area contributed by atoms with E-state index in [1.807, 2.05) is 11.8 Å². The van der Waals surface area contributed by atoms with E-state index in [1.165, 1.54) is 5.56 Å². The van der Waals surface area contributed by atoms with Gasteiger partial charge in [0.15, 0.2) is 0 Å². The highest BCUT2D eigenvalue weighted by molar-refractivity contribution is 6.27. The van der Waals surface area contributed by atoms with Crippen LogP contribution in [-0.4, -0.2) is 101 Å². The number of ether oxygens (including phenoxy) is 1. The van der Waals surface area contributed by atoms with Gasteiger partial charge in [-0.3, -0.25) is 4.79 Å². The zero-order chi connectivity index (χ0) is 25.1. The van der Waals surface area contributed by atoms with E-state index in [2.05, 4.69) is 42.2 Å². The van der Waals surface area contributed by atoms with Gasteiger partial charge >= 0.3 is 18.0 Å². The lowest BCUT2D eigenvalue weighted by molar-refractivity contribution is -0.159. The summed E-state index contributed by atoms with van der Waals surface area (Å²) in [6, 6.07) is 10.6. The first-order chi connectivity index (χ1) is 16.2. The fraction of sp³-hybridized carbons (Fsp3) is 0.583. The third-order valence-corrected chi connectivity index (χ3v) is 6.14. The Morgan fingerprint density at radius 3 is 1.94 bits per heavy atom. The quantitative estimate of drug-likeness (QED) is 0.616. The molecule has 10 nitrogen and oxygen atoms in total. The molecule has 10 heteroatoms. The van der Waals surface area contributed by atoms with Crippen LogP contribution in [-0.2, 0) is 19.1 Å². The number of hydrogen-bond donors (Lipinski definition) is 2. The smallest absolute Gasteiger partial charge is 0.414 e. The van der Waals surface area contributed by atoms with Crippen molar-refractivity contribution >= 4 is 23.9 Å². The van der Waals surface area contributed by atoms with Crippen LogP contribution in [0.1, 0.15) is 38.2 Å². The Labute approximate surface area is 200 Å². The zero-order valence-electron chi connectivity index (χ0n) is 19.9. The first-order valence-corrected chi connectivity index (χ1v) is 11.7. The first kappa shape index (κ1) is 27.1. The summed E-state index contributed by atoms with van der Waals surface area (Å²) in [7, 11) is 0. The fourth-order valence-corrected chi connectivity index (χ4v) is 4.22. The van der Waals surface area contributed by atoms with Crippen LogP contribution in [0.3, 0.4) is 0 Å². The molecule has 2 amide bonds. The molecule has 1 unspecified atom stereocenters. The van der Waals surface area contributed by atoms with Crippen LogP contribution in [0.4, 0.5) is 4.79 Å². The molecule has 1 aromatic rings. The third kappa shape index (κ3) is 8.33. The van der Waals surface area contributed by atoms with Gasteiger partial charge in [-0.05, 0) is 44.3 Å². The Morgan fingerprint density at radius 1 is 0.912 bits per heavy atom. The number of likely N-dealkylation sites (tertiary alicyclic amines) is 1. The number of piperidine rings is 1. The molecule has 0 saturated carbocycles.